The van der Waals surface area contributed by atoms with E-state index < -0.39 is 0 Å². The molecule has 0 saturated heterocycles. The van der Waals surface area contributed by atoms with Crippen molar-refractivity contribution in [1.82, 2.24) is 24.8 Å². The topological polar surface area (TPSA) is 64.5 Å². The summed E-state index contributed by atoms with van der Waals surface area (Å²) in [6.45, 7) is 0. The molecular formula is C18H12ClN5S2. The molecule has 2 heterocycles. The van der Waals surface area contributed by atoms with Crippen molar-refractivity contribution in [2.75, 3.05) is 0 Å². The Morgan fingerprint density at radius 2 is 1.46 bits per heavy atom. The van der Waals surface area contributed by atoms with E-state index in [-0.39, 0.29) is 0 Å². The van der Waals surface area contributed by atoms with E-state index in [1.165, 1.54) is 23.3 Å². The lowest BCUT2D eigenvalue weighted by Gasteiger charge is -2.09. The van der Waals surface area contributed by atoms with Gasteiger partial charge in [-0.25, -0.2) is 4.98 Å². The first-order valence-electron chi connectivity index (χ1n) is 7.76. The maximum Gasteiger partial charge on any atom is 0.210 e. The summed E-state index contributed by atoms with van der Waals surface area (Å²) in [5.41, 5.74) is 4.27. The monoisotopic (exact) mass is 397 g/mol. The molecule has 0 radical (unpaired) electrons. The van der Waals surface area contributed by atoms with Crippen LogP contribution in [0.3, 0.4) is 0 Å². The molecule has 0 aliphatic rings. The van der Waals surface area contributed by atoms with Gasteiger partial charge in [0.15, 0.2) is 0 Å². The number of hydrogen-bond acceptors (Lipinski definition) is 7. The first-order chi connectivity index (χ1) is 12.8. The van der Waals surface area contributed by atoms with Gasteiger partial charge in [-0.1, -0.05) is 88.5 Å². The fourth-order valence-electron chi connectivity index (χ4n) is 2.38. The van der Waals surface area contributed by atoms with Gasteiger partial charge in [0.2, 0.25) is 5.16 Å². The summed E-state index contributed by atoms with van der Waals surface area (Å²) in [7, 11) is 0. The second kappa shape index (κ2) is 7.90. The predicted octanol–water partition coefficient (Wildman–Crippen LogP) is 5.00. The van der Waals surface area contributed by atoms with E-state index in [1.54, 1.807) is 0 Å². The molecule has 0 aliphatic heterocycles. The third-order valence-corrected chi connectivity index (χ3v) is 5.44. The molecule has 128 valence electrons. The van der Waals surface area contributed by atoms with E-state index in [0.29, 0.717) is 15.2 Å². The number of aromatic nitrogens is 5. The van der Waals surface area contributed by atoms with Crippen molar-refractivity contribution in [2.45, 2.75) is 10.9 Å². The van der Waals surface area contributed by atoms with Crippen molar-refractivity contribution in [1.29, 1.82) is 0 Å². The van der Waals surface area contributed by atoms with Crippen LogP contribution in [0.2, 0.25) is 4.34 Å². The molecule has 0 fully saturated rings. The fourth-order valence-corrected chi connectivity index (χ4v) is 3.90. The van der Waals surface area contributed by atoms with Crippen LogP contribution in [0.4, 0.5) is 0 Å². The largest absolute Gasteiger partial charge is 0.219 e. The lowest BCUT2D eigenvalue weighted by Crippen LogP contribution is -1.99. The lowest BCUT2D eigenvalue weighted by atomic mass is 10.0. The Bertz CT molecular complexity index is 1010. The maximum atomic E-state index is 6.06. The number of nitrogens with zero attached hydrogens (tertiary/aromatic N) is 5. The normalized spacial score (nSPS) is 10.8. The standard InChI is InChI=1S/C18H12ClN5S2/c19-17-14(21-24-26-17)11-25-18-20-15(12-7-3-1-4-8-12)16(22-23-18)13-9-5-2-6-10-13/h1-10H,11H2. The van der Waals surface area contributed by atoms with Crippen LogP contribution >= 0.6 is 34.9 Å². The zero-order valence-corrected chi connectivity index (χ0v) is 15.8. The van der Waals surface area contributed by atoms with Crippen molar-refractivity contribution >= 4 is 34.9 Å². The summed E-state index contributed by atoms with van der Waals surface area (Å²) in [4.78, 5) is 4.75. The lowest BCUT2D eigenvalue weighted by molar-refractivity contribution is 0.849. The van der Waals surface area contributed by atoms with Crippen LogP contribution in [0.15, 0.2) is 65.8 Å². The smallest absolute Gasteiger partial charge is 0.210 e. The molecule has 26 heavy (non-hydrogen) atoms. The van der Waals surface area contributed by atoms with Crippen molar-refractivity contribution < 1.29 is 0 Å². The van der Waals surface area contributed by atoms with Gasteiger partial charge in [0.05, 0.1) is 0 Å². The Labute approximate surface area is 163 Å². The summed E-state index contributed by atoms with van der Waals surface area (Å²) >= 11 is 8.68. The highest BCUT2D eigenvalue weighted by Gasteiger charge is 2.14. The van der Waals surface area contributed by atoms with Gasteiger partial charge in [-0.15, -0.1) is 15.3 Å². The Hall–Kier alpha value is -2.35. The van der Waals surface area contributed by atoms with Crippen LogP contribution in [0, 0.1) is 0 Å². The quantitative estimate of drug-likeness (QED) is 0.441. The second-order valence-corrected chi connectivity index (χ2v) is 7.60. The molecule has 0 bridgehead atoms. The summed E-state index contributed by atoms with van der Waals surface area (Å²) in [5.74, 6) is 0.552. The van der Waals surface area contributed by atoms with Crippen LogP contribution in [0.25, 0.3) is 22.5 Å². The highest BCUT2D eigenvalue weighted by molar-refractivity contribution is 7.98. The molecule has 0 atom stereocenters. The molecule has 2 aromatic carbocycles. The van der Waals surface area contributed by atoms with Gasteiger partial charge in [-0.05, 0) is 0 Å². The van der Waals surface area contributed by atoms with Crippen molar-refractivity contribution in [2.24, 2.45) is 0 Å². The van der Waals surface area contributed by atoms with Crippen LogP contribution in [-0.4, -0.2) is 24.8 Å². The van der Waals surface area contributed by atoms with Gasteiger partial charge in [-0.2, -0.15) is 0 Å². The van der Waals surface area contributed by atoms with E-state index in [0.717, 1.165) is 28.2 Å². The molecule has 8 heteroatoms. The third-order valence-electron chi connectivity index (χ3n) is 3.61. The number of hydrogen-bond donors (Lipinski definition) is 0. The van der Waals surface area contributed by atoms with Crippen LogP contribution in [-0.2, 0) is 5.75 Å². The van der Waals surface area contributed by atoms with Gasteiger partial charge in [-0.3, -0.25) is 0 Å². The Morgan fingerprint density at radius 3 is 2.08 bits per heavy atom. The minimum atomic E-state index is 0.552. The Kier molecular flexibility index (Phi) is 5.19. The average molecular weight is 398 g/mol. The van der Waals surface area contributed by atoms with Gasteiger partial charge in [0.25, 0.3) is 0 Å². The average Bonchev–Trinajstić information content (AvgIpc) is 3.12. The summed E-state index contributed by atoms with van der Waals surface area (Å²) in [6, 6.07) is 19.9. The van der Waals surface area contributed by atoms with E-state index in [9.17, 15) is 0 Å². The van der Waals surface area contributed by atoms with Gasteiger partial charge in [0, 0.05) is 28.4 Å². The number of rotatable bonds is 5. The second-order valence-electron chi connectivity index (χ2n) is 5.31. The van der Waals surface area contributed by atoms with Crippen molar-refractivity contribution in [3.8, 4) is 22.5 Å². The molecule has 4 aromatic rings. The summed E-state index contributed by atoms with van der Waals surface area (Å²) in [6.07, 6.45) is 0. The third kappa shape index (κ3) is 3.75. The first-order valence-corrected chi connectivity index (χ1v) is 9.90. The molecule has 0 amide bonds. The summed E-state index contributed by atoms with van der Waals surface area (Å²) < 4.78 is 4.44. The van der Waals surface area contributed by atoms with Gasteiger partial charge >= 0.3 is 0 Å². The van der Waals surface area contributed by atoms with Crippen LogP contribution in [0.5, 0.6) is 0 Å². The number of benzene rings is 2. The molecular weight excluding hydrogens is 386 g/mol. The molecule has 0 aliphatic carbocycles. The van der Waals surface area contributed by atoms with E-state index in [4.69, 9.17) is 16.6 Å². The Balaban J connectivity index is 1.71. The molecule has 4 rings (SSSR count). The number of thioether (sulfide) groups is 1. The SMILES string of the molecule is Clc1snnc1CSc1nnc(-c2ccccc2)c(-c2ccccc2)n1. The highest BCUT2D eigenvalue weighted by atomic mass is 35.5. The predicted molar refractivity (Wildman–Crippen MR) is 105 cm³/mol. The zero-order chi connectivity index (χ0) is 17.8. The van der Waals surface area contributed by atoms with E-state index in [1.807, 2.05) is 60.7 Å². The minimum absolute atomic E-state index is 0.552. The first kappa shape index (κ1) is 17.1. The zero-order valence-electron chi connectivity index (χ0n) is 13.4. The minimum Gasteiger partial charge on any atom is -0.219 e. The van der Waals surface area contributed by atoms with E-state index in [2.05, 4.69) is 19.8 Å². The molecule has 5 nitrogen and oxygen atoms in total. The molecule has 0 spiro atoms. The molecule has 2 aromatic heterocycles. The fraction of sp³-hybridized carbons (Fsp3) is 0.0556. The van der Waals surface area contributed by atoms with Gasteiger partial charge < -0.3 is 0 Å². The number of halogens is 1. The Morgan fingerprint density at radius 1 is 0.808 bits per heavy atom. The van der Waals surface area contributed by atoms with Crippen molar-refractivity contribution in [3.63, 3.8) is 0 Å². The maximum absolute atomic E-state index is 6.06. The molecule has 0 N–H and O–H groups in total. The van der Waals surface area contributed by atoms with Gasteiger partial charge in [0.1, 0.15) is 21.4 Å². The van der Waals surface area contributed by atoms with Crippen LogP contribution in [0.1, 0.15) is 5.69 Å². The van der Waals surface area contributed by atoms with Crippen molar-refractivity contribution in [3.05, 3.63) is 70.7 Å². The molecule has 0 saturated carbocycles. The van der Waals surface area contributed by atoms with E-state index >= 15 is 0 Å². The highest BCUT2D eigenvalue weighted by Crippen LogP contribution is 2.31. The summed E-state index contributed by atoms with van der Waals surface area (Å²) in [5, 5.41) is 13.3. The van der Waals surface area contributed by atoms with Crippen LogP contribution < -0.4 is 0 Å². The molecule has 0 unspecified atom stereocenters.